The molecule has 0 saturated heterocycles. The molecule has 0 amide bonds. The molecule has 84 valence electrons. The SMILES string of the molecule is CCC(CC(=O)O)CC(C)CCCO. The molecule has 0 bridgehead atoms. The average Bonchev–Trinajstić information content (AvgIpc) is 2.12. The third-order valence-electron chi connectivity index (χ3n) is 2.63. The normalized spacial score (nSPS) is 15.1. The Morgan fingerprint density at radius 3 is 2.50 bits per heavy atom. The van der Waals surface area contributed by atoms with Crippen LogP contribution in [0.15, 0.2) is 0 Å². The maximum absolute atomic E-state index is 10.5. The monoisotopic (exact) mass is 202 g/mol. The molecule has 0 fully saturated rings. The van der Waals surface area contributed by atoms with Gasteiger partial charge in [0.25, 0.3) is 0 Å². The Bertz CT molecular complexity index is 157. The number of carboxylic acids is 1. The van der Waals surface area contributed by atoms with Crippen molar-refractivity contribution in [2.24, 2.45) is 11.8 Å². The summed E-state index contributed by atoms with van der Waals surface area (Å²) in [7, 11) is 0. The Morgan fingerprint density at radius 2 is 2.07 bits per heavy atom. The summed E-state index contributed by atoms with van der Waals surface area (Å²) < 4.78 is 0. The lowest BCUT2D eigenvalue weighted by Gasteiger charge is -2.17. The molecule has 2 unspecified atom stereocenters. The highest BCUT2D eigenvalue weighted by atomic mass is 16.4. The highest BCUT2D eigenvalue weighted by molar-refractivity contribution is 5.66. The smallest absolute Gasteiger partial charge is 0.303 e. The van der Waals surface area contributed by atoms with E-state index in [1.165, 1.54) is 0 Å². The van der Waals surface area contributed by atoms with Crippen LogP contribution in [0, 0.1) is 11.8 Å². The molecule has 14 heavy (non-hydrogen) atoms. The van der Waals surface area contributed by atoms with Gasteiger partial charge in [0, 0.05) is 13.0 Å². The van der Waals surface area contributed by atoms with Gasteiger partial charge in [-0.3, -0.25) is 4.79 Å². The predicted octanol–water partition coefficient (Wildman–Crippen LogP) is 2.29. The molecular weight excluding hydrogens is 180 g/mol. The van der Waals surface area contributed by atoms with E-state index in [1.807, 2.05) is 6.92 Å². The zero-order valence-electron chi connectivity index (χ0n) is 9.20. The summed E-state index contributed by atoms with van der Waals surface area (Å²) in [5, 5.41) is 17.3. The van der Waals surface area contributed by atoms with Crippen LogP contribution in [0.5, 0.6) is 0 Å². The van der Waals surface area contributed by atoms with E-state index >= 15 is 0 Å². The lowest BCUT2D eigenvalue weighted by atomic mass is 9.89. The number of hydrogen-bond donors (Lipinski definition) is 2. The van der Waals surface area contributed by atoms with Crippen LogP contribution in [-0.4, -0.2) is 22.8 Å². The molecule has 2 atom stereocenters. The summed E-state index contributed by atoms with van der Waals surface area (Å²) >= 11 is 0. The molecule has 0 radical (unpaired) electrons. The fourth-order valence-corrected chi connectivity index (χ4v) is 1.77. The van der Waals surface area contributed by atoms with Crippen molar-refractivity contribution >= 4 is 5.97 Å². The molecule has 0 aliphatic rings. The van der Waals surface area contributed by atoms with Crippen molar-refractivity contribution in [3.05, 3.63) is 0 Å². The Kier molecular flexibility index (Phi) is 7.48. The van der Waals surface area contributed by atoms with Crippen molar-refractivity contribution in [3.8, 4) is 0 Å². The minimum atomic E-state index is -0.703. The van der Waals surface area contributed by atoms with E-state index in [1.54, 1.807) is 0 Å². The second kappa shape index (κ2) is 7.80. The first-order chi connectivity index (χ1) is 6.60. The van der Waals surface area contributed by atoms with Gasteiger partial charge in [-0.05, 0) is 31.1 Å². The Hall–Kier alpha value is -0.570. The van der Waals surface area contributed by atoms with Gasteiger partial charge in [0.1, 0.15) is 0 Å². The summed E-state index contributed by atoms with van der Waals surface area (Å²) in [6.07, 6.45) is 3.98. The maximum atomic E-state index is 10.5. The zero-order valence-corrected chi connectivity index (χ0v) is 9.20. The number of carboxylic acid groups (broad SMARTS) is 1. The van der Waals surface area contributed by atoms with Crippen LogP contribution in [0.3, 0.4) is 0 Å². The summed E-state index contributed by atoms with van der Waals surface area (Å²) in [6.45, 7) is 4.40. The van der Waals surface area contributed by atoms with E-state index in [-0.39, 0.29) is 13.0 Å². The molecule has 0 aromatic carbocycles. The molecular formula is C11H22O3. The molecule has 3 nitrogen and oxygen atoms in total. The summed E-state index contributed by atoms with van der Waals surface area (Å²) in [4.78, 5) is 10.5. The van der Waals surface area contributed by atoms with Crippen molar-refractivity contribution in [1.29, 1.82) is 0 Å². The quantitative estimate of drug-likeness (QED) is 0.635. The molecule has 0 aliphatic carbocycles. The van der Waals surface area contributed by atoms with Gasteiger partial charge in [-0.25, -0.2) is 0 Å². The van der Waals surface area contributed by atoms with E-state index in [0.717, 1.165) is 25.7 Å². The minimum Gasteiger partial charge on any atom is -0.481 e. The van der Waals surface area contributed by atoms with Crippen molar-refractivity contribution < 1.29 is 15.0 Å². The van der Waals surface area contributed by atoms with Gasteiger partial charge >= 0.3 is 5.97 Å². The zero-order chi connectivity index (χ0) is 11.0. The van der Waals surface area contributed by atoms with Crippen LogP contribution in [0.1, 0.15) is 46.0 Å². The minimum absolute atomic E-state index is 0.236. The molecule has 0 heterocycles. The van der Waals surface area contributed by atoms with Crippen molar-refractivity contribution in [3.63, 3.8) is 0 Å². The lowest BCUT2D eigenvalue weighted by molar-refractivity contribution is -0.138. The van der Waals surface area contributed by atoms with Gasteiger partial charge < -0.3 is 10.2 Å². The first-order valence-corrected chi connectivity index (χ1v) is 5.42. The first-order valence-electron chi connectivity index (χ1n) is 5.42. The number of carbonyl (C=O) groups is 1. The van der Waals surface area contributed by atoms with Crippen LogP contribution >= 0.6 is 0 Å². The summed E-state index contributed by atoms with van der Waals surface area (Å²) in [6, 6.07) is 0. The van der Waals surface area contributed by atoms with E-state index in [9.17, 15) is 4.79 Å². The highest BCUT2D eigenvalue weighted by Crippen LogP contribution is 2.21. The third kappa shape index (κ3) is 6.89. The maximum Gasteiger partial charge on any atom is 0.303 e. The summed E-state index contributed by atoms with van der Waals surface area (Å²) in [5.74, 6) is 0.110. The van der Waals surface area contributed by atoms with Crippen molar-refractivity contribution in [2.75, 3.05) is 6.61 Å². The van der Waals surface area contributed by atoms with Crippen LogP contribution in [0.2, 0.25) is 0 Å². The van der Waals surface area contributed by atoms with Crippen LogP contribution in [-0.2, 0) is 4.79 Å². The third-order valence-corrected chi connectivity index (χ3v) is 2.63. The number of hydrogen-bond acceptors (Lipinski definition) is 2. The van der Waals surface area contributed by atoms with Gasteiger partial charge in [0.05, 0.1) is 0 Å². The van der Waals surface area contributed by atoms with Gasteiger partial charge in [-0.15, -0.1) is 0 Å². The number of aliphatic hydroxyl groups excluding tert-OH is 1. The van der Waals surface area contributed by atoms with E-state index < -0.39 is 5.97 Å². The van der Waals surface area contributed by atoms with E-state index in [0.29, 0.717) is 11.8 Å². The molecule has 3 heteroatoms. The largest absolute Gasteiger partial charge is 0.481 e. The molecule has 0 aromatic rings. The fraction of sp³-hybridized carbons (Fsp3) is 0.909. The Balaban J connectivity index is 3.73. The van der Waals surface area contributed by atoms with E-state index in [2.05, 4.69) is 6.92 Å². The van der Waals surface area contributed by atoms with Gasteiger partial charge in [-0.1, -0.05) is 20.3 Å². The molecule has 0 spiro atoms. The Labute approximate surface area is 86.1 Å². The number of aliphatic hydroxyl groups is 1. The average molecular weight is 202 g/mol. The second-order valence-electron chi connectivity index (χ2n) is 4.08. The molecule has 0 saturated carbocycles. The van der Waals surface area contributed by atoms with Crippen LogP contribution in [0.4, 0.5) is 0 Å². The summed E-state index contributed by atoms with van der Waals surface area (Å²) in [5.41, 5.74) is 0. The van der Waals surface area contributed by atoms with Gasteiger partial charge in [-0.2, -0.15) is 0 Å². The molecule has 0 rings (SSSR count). The second-order valence-corrected chi connectivity index (χ2v) is 4.08. The molecule has 0 aliphatic heterocycles. The lowest BCUT2D eigenvalue weighted by Crippen LogP contribution is -2.11. The first kappa shape index (κ1) is 13.4. The predicted molar refractivity (Wildman–Crippen MR) is 56.1 cm³/mol. The topological polar surface area (TPSA) is 57.5 Å². The standard InChI is InChI=1S/C11H22O3/c1-3-10(8-11(13)14)7-9(2)5-4-6-12/h9-10,12H,3-8H2,1-2H3,(H,13,14). The van der Waals surface area contributed by atoms with Crippen molar-refractivity contribution in [2.45, 2.75) is 46.0 Å². The highest BCUT2D eigenvalue weighted by Gasteiger charge is 2.14. The van der Waals surface area contributed by atoms with Crippen molar-refractivity contribution in [1.82, 2.24) is 0 Å². The van der Waals surface area contributed by atoms with Crippen LogP contribution in [0.25, 0.3) is 0 Å². The Morgan fingerprint density at radius 1 is 1.43 bits per heavy atom. The van der Waals surface area contributed by atoms with Crippen LogP contribution < -0.4 is 0 Å². The van der Waals surface area contributed by atoms with E-state index in [4.69, 9.17) is 10.2 Å². The number of rotatable bonds is 8. The number of aliphatic carboxylic acids is 1. The molecule has 0 aromatic heterocycles. The fourth-order valence-electron chi connectivity index (χ4n) is 1.77. The van der Waals surface area contributed by atoms with Gasteiger partial charge in [0.2, 0.25) is 0 Å². The molecule has 2 N–H and O–H groups in total. The van der Waals surface area contributed by atoms with Gasteiger partial charge in [0.15, 0.2) is 0 Å².